The fraction of sp³-hybridized carbons (Fsp3) is 0.941. The van der Waals surface area contributed by atoms with Gasteiger partial charge in [-0.1, -0.05) is 280 Å². The molecule has 0 aromatic rings. The SMILES string of the molecule is CCC(C)CCCCCCCCCCCCC(=O)OC[C@H](COP(=O)(O)OC[C@@H](O)COP(=O)(O)OC[C@@H](COC(=O)CCCCCCCCC(C)CC)OC(=O)CCCCCCCCCCC(C)C)OC(=O)CCCCCCCCCCC(C)CC. The fourth-order valence-electron chi connectivity index (χ4n) is 10.0. The van der Waals surface area contributed by atoms with Gasteiger partial charge >= 0.3 is 39.5 Å². The Kier molecular flexibility index (Phi) is 56.6. The summed E-state index contributed by atoms with van der Waals surface area (Å²) in [6.07, 6.45) is 38.9. The van der Waals surface area contributed by atoms with Crippen molar-refractivity contribution in [2.24, 2.45) is 23.7 Å². The van der Waals surface area contributed by atoms with E-state index >= 15 is 0 Å². The Bertz CT molecular complexity index is 1740. The van der Waals surface area contributed by atoms with Crippen LogP contribution in [0.25, 0.3) is 0 Å². The smallest absolute Gasteiger partial charge is 0.462 e. The standard InChI is InChI=1S/C68H132O17P2/c1-9-59(6)45-37-29-21-14-12-13-15-23-32-40-48-65(70)78-54-63(84-68(73)51-43-35-25-19-17-22-30-38-46-60(7)10-2)56-82-86(74,75)80-52-62(69)53-81-87(76,77)83-57-64(55-79-66(71)49-41-33-27-26-31-39-47-61(8)11-3)85-67(72)50-42-34-24-18-16-20-28-36-44-58(4)5/h58-64,69H,9-57H2,1-8H3,(H,74,75)(H,76,77)/t59?,60?,61?,62-,63-,64-/m1/s1. The number of unbranched alkanes of at least 4 members (excludes halogenated alkanes) is 28. The first kappa shape index (κ1) is 85.1. The van der Waals surface area contributed by atoms with Crippen LogP contribution >= 0.6 is 15.6 Å². The topological polar surface area (TPSA) is 237 Å². The van der Waals surface area contributed by atoms with E-state index in [0.29, 0.717) is 25.7 Å². The molecule has 17 nitrogen and oxygen atoms in total. The van der Waals surface area contributed by atoms with E-state index in [1.54, 1.807) is 0 Å². The van der Waals surface area contributed by atoms with Crippen LogP contribution in [0.3, 0.4) is 0 Å². The van der Waals surface area contributed by atoms with Crippen molar-refractivity contribution in [3.8, 4) is 0 Å². The molecule has 0 aliphatic heterocycles. The van der Waals surface area contributed by atoms with E-state index in [2.05, 4.69) is 55.4 Å². The lowest BCUT2D eigenvalue weighted by Crippen LogP contribution is -2.30. The van der Waals surface area contributed by atoms with E-state index < -0.39 is 97.5 Å². The lowest BCUT2D eigenvalue weighted by molar-refractivity contribution is -0.161. The second-order valence-electron chi connectivity index (χ2n) is 25.8. The number of aliphatic hydroxyl groups excluding tert-OH is 1. The van der Waals surface area contributed by atoms with Crippen LogP contribution < -0.4 is 0 Å². The van der Waals surface area contributed by atoms with E-state index in [1.807, 2.05) is 0 Å². The Balaban J connectivity index is 5.27. The monoisotopic (exact) mass is 1280 g/mol. The number of phosphoric ester groups is 2. The highest BCUT2D eigenvalue weighted by molar-refractivity contribution is 7.47. The first-order valence-corrected chi connectivity index (χ1v) is 38.3. The minimum Gasteiger partial charge on any atom is -0.462 e. The summed E-state index contributed by atoms with van der Waals surface area (Å²) in [5, 5.41) is 10.6. The molecule has 8 atom stereocenters. The van der Waals surface area contributed by atoms with Crippen LogP contribution in [0.4, 0.5) is 0 Å². The van der Waals surface area contributed by atoms with Crippen molar-refractivity contribution < 1.29 is 80.2 Å². The van der Waals surface area contributed by atoms with Crippen molar-refractivity contribution >= 4 is 39.5 Å². The molecule has 0 rings (SSSR count). The van der Waals surface area contributed by atoms with Crippen LogP contribution in [0.2, 0.25) is 0 Å². The predicted molar refractivity (Wildman–Crippen MR) is 349 cm³/mol. The van der Waals surface area contributed by atoms with E-state index in [1.165, 1.54) is 128 Å². The Hall–Kier alpha value is -1.94. The van der Waals surface area contributed by atoms with Crippen molar-refractivity contribution in [3.05, 3.63) is 0 Å². The number of carbonyl (C=O) groups excluding carboxylic acids is 4. The third kappa shape index (κ3) is 58.9. The van der Waals surface area contributed by atoms with E-state index in [-0.39, 0.29) is 25.7 Å². The maximum absolute atomic E-state index is 13.0. The summed E-state index contributed by atoms with van der Waals surface area (Å²) < 4.78 is 68.2. The molecule has 0 aliphatic rings. The van der Waals surface area contributed by atoms with Gasteiger partial charge in [0.25, 0.3) is 0 Å². The van der Waals surface area contributed by atoms with Crippen molar-refractivity contribution in [2.75, 3.05) is 39.6 Å². The second-order valence-corrected chi connectivity index (χ2v) is 28.7. The molecule has 516 valence electrons. The molecule has 3 N–H and O–H groups in total. The average Bonchev–Trinajstić information content (AvgIpc) is 3.70. The van der Waals surface area contributed by atoms with Gasteiger partial charge in [0.1, 0.15) is 19.3 Å². The minimum atomic E-state index is -4.95. The van der Waals surface area contributed by atoms with Crippen molar-refractivity contribution in [1.29, 1.82) is 0 Å². The van der Waals surface area contributed by atoms with Crippen molar-refractivity contribution in [3.63, 3.8) is 0 Å². The van der Waals surface area contributed by atoms with Gasteiger partial charge in [0.2, 0.25) is 0 Å². The van der Waals surface area contributed by atoms with Gasteiger partial charge in [0, 0.05) is 25.7 Å². The molecule has 0 saturated carbocycles. The number of ether oxygens (including phenoxy) is 4. The van der Waals surface area contributed by atoms with Crippen LogP contribution in [0.5, 0.6) is 0 Å². The van der Waals surface area contributed by atoms with Gasteiger partial charge in [-0.2, -0.15) is 0 Å². The Morgan fingerprint density at radius 1 is 0.322 bits per heavy atom. The van der Waals surface area contributed by atoms with Crippen molar-refractivity contribution in [1.82, 2.24) is 0 Å². The molecule has 0 aromatic heterocycles. The van der Waals surface area contributed by atoms with Crippen LogP contribution in [0, 0.1) is 23.7 Å². The number of rotatable bonds is 65. The first-order valence-electron chi connectivity index (χ1n) is 35.3. The molecular weight excluding hydrogens is 1150 g/mol. The zero-order chi connectivity index (χ0) is 64.7. The number of carbonyl (C=O) groups is 4. The Morgan fingerprint density at radius 3 is 0.816 bits per heavy atom. The number of phosphoric acid groups is 2. The number of esters is 4. The predicted octanol–water partition coefficient (Wildman–Crippen LogP) is 18.9. The quantitative estimate of drug-likeness (QED) is 0.0222. The molecule has 0 bridgehead atoms. The minimum absolute atomic E-state index is 0.103. The molecule has 0 amide bonds. The van der Waals surface area contributed by atoms with E-state index in [0.717, 1.165) is 120 Å². The Labute approximate surface area is 530 Å². The highest BCUT2D eigenvalue weighted by Crippen LogP contribution is 2.45. The summed E-state index contributed by atoms with van der Waals surface area (Å²) in [5.74, 6) is 0.893. The molecule has 0 radical (unpaired) electrons. The second kappa shape index (κ2) is 57.9. The van der Waals surface area contributed by atoms with Crippen LogP contribution in [-0.2, 0) is 65.4 Å². The van der Waals surface area contributed by atoms with Crippen molar-refractivity contribution in [2.45, 2.75) is 350 Å². The van der Waals surface area contributed by atoms with Gasteiger partial charge in [-0.25, -0.2) is 9.13 Å². The average molecular weight is 1280 g/mol. The van der Waals surface area contributed by atoms with E-state index in [9.17, 15) is 43.2 Å². The lowest BCUT2D eigenvalue weighted by Gasteiger charge is -2.21. The molecule has 0 fully saturated rings. The zero-order valence-electron chi connectivity index (χ0n) is 56.6. The van der Waals surface area contributed by atoms with E-state index in [4.69, 9.17) is 37.0 Å². The number of hydrogen-bond donors (Lipinski definition) is 3. The van der Waals surface area contributed by atoms with Gasteiger partial charge in [0.05, 0.1) is 26.4 Å². The number of hydrogen-bond acceptors (Lipinski definition) is 15. The third-order valence-corrected chi connectivity index (χ3v) is 18.6. The molecular formula is C68H132O17P2. The van der Waals surface area contributed by atoms with Gasteiger partial charge in [0.15, 0.2) is 12.2 Å². The molecule has 0 aromatic carbocycles. The van der Waals surface area contributed by atoms with Gasteiger partial charge in [-0.3, -0.25) is 37.3 Å². The summed E-state index contributed by atoms with van der Waals surface area (Å²) in [4.78, 5) is 72.4. The van der Waals surface area contributed by atoms with Gasteiger partial charge in [-0.05, 0) is 49.4 Å². The first-order chi connectivity index (χ1) is 41.7. The summed E-state index contributed by atoms with van der Waals surface area (Å²) >= 11 is 0. The molecule has 5 unspecified atom stereocenters. The number of aliphatic hydroxyl groups is 1. The maximum Gasteiger partial charge on any atom is 0.472 e. The summed E-state index contributed by atoms with van der Waals surface area (Å²) in [5.41, 5.74) is 0. The molecule has 0 aliphatic carbocycles. The highest BCUT2D eigenvalue weighted by Gasteiger charge is 2.30. The van der Waals surface area contributed by atoms with Crippen LogP contribution in [0.15, 0.2) is 0 Å². The summed E-state index contributed by atoms with van der Waals surface area (Å²) in [7, 11) is -9.90. The molecule has 87 heavy (non-hydrogen) atoms. The van der Waals surface area contributed by atoms with Gasteiger partial charge in [-0.15, -0.1) is 0 Å². The summed E-state index contributed by atoms with van der Waals surface area (Å²) in [6, 6.07) is 0. The highest BCUT2D eigenvalue weighted by atomic mass is 31.2. The molecule has 0 heterocycles. The Morgan fingerprint density at radius 2 is 0.552 bits per heavy atom. The third-order valence-electron chi connectivity index (χ3n) is 16.7. The molecule has 19 heteroatoms. The summed E-state index contributed by atoms with van der Waals surface area (Å²) in [6.45, 7) is 14.1. The fourth-order valence-corrected chi connectivity index (χ4v) is 11.6. The molecule has 0 spiro atoms. The van der Waals surface area contributed by atoms with Gasteiger partial charge < -0.3 is 33.8 Å². The maximum atomic E-state index is 13.0. The van der Waals surface area contributed by atoms with Crippen LogP contribution in [-0.4, -0.2) is 96.7 Å². The normalized spacial score (nSPS) is 15.3. The zero-order valence-corrected chi connectivity index (χ0v) is 58.4. The van der Waals surface area contributed by atoms with Crippen LogP contribution in [0.1, 0.15) is 331 Å². The lowest BCUT2D eigenvalue weighted by atomic mass is 9.99. The molecule has 0 saturated heterocycles. The largest absolute Gasteiger partial charge is 0.472 e.